The lowest BCUT2D eigenvalue weighted by Crippen LogP contribution is -2.52. The Morgan fingerprint density at radius 2 is 1.79 bits per heavy atom. The number of nitrogens with two attached hydrogens (primary N) is 1. The Labute approximate surface area is 87.4 Å². The molecule has 4 aliphatic rings. The van der Waals surface area contributed by atoms with Crippen LogP contribution in [0, 0.1) is 29.1 Å². The van der Waals surface area contributed by atoms with Gasteiger partial charge < -0.3 is 5.73 Å². The summed E-state index contributed by atoms with van der Waals surface area (Å²) in [6, 6.07) is 0. The molecule has 2 N–H and O–H groups in total. The molecule has 1 nitrogen and oxygen atoms in total. The highest BCUT2D eigenvalue weighted by molar-refractivity contribution is 5.04. The van der Waals surface area contributed by atoms with Crippen molar-refractivity contribution < 1.29 is 0 Å². The van der Waals surface area contributed by atoms with E-state index >= 15 is 0 Å². The lowest BCUT2D eigenvalue weighted by atomic mass is 9.45. The lowest BCUT2D eigenvalue weighted by Gasteiger charge is -2.60. The van der Waals surface area contributed by atoms with E-state index in [2.05, 4.69) is 6.92 Å². The fraction of sp³-hybridized carbons (Fsp3) is 1.00. The Hall–Kier alpha value is -0.0400. The minimum absolute atomic E-state index is 0.766. The predicted octanol–water partition coefficient (Wildman–Crippen LogP) is 2.80. The van der Waals surface area contributed by atoms with Crippen LogP contribution in [-0.4, -0.2) is 6.54 Å². The summed E-state index contributed by atoms with van der Waals surface area (Å²) in [5.41, 5.74) is 6.70. The van der Waals surface area contributed by atoms with Gasteiger partial charge in [-0.3, -0.25) is 0 Å². The molecular weight excluding hydrogens is 170 g/mol. The zero-order chi connectivity index (χ0) is 9.76. The third-order valence-electron chi connectivity index (χ3n) is 5.62. The monoisotopic (exact) mass is 193 g/mol. The van der Waals surface area contributed by atoms with Crippen LogP contribution in [0.25, 0.3) is 0 Å². The van der Waals surface area contributed by atoms with Gasteiger partial charge in [0.15, 0.2) is 0 Å². The van der Waals surface area contributed by atoms with Gasteiger partial charge in [-0.05, 0) is 67.7 Å². The van der Waals surface area contributed by atoms with E-state index in [-0.39, 0.29) is 0 Å². The SMILES string of the molecule is CCC12CC3CC(C1)C(CN)C(C3)C2. The van der Waals surface area contributed by atoms with Crippen molar-refractivity contribution in [2.75, 3.05) is 6.54 Å². The van der Waals surface area contributed by atoms with E-state index in [1.54, 1.807) is 6.42 Å². The van der Waals surface area contributed by atoms with Crippen LogP contribution in [-0.2, 0) is 0 Å². The normalized spacial score (nSPS) is 55.3. The zero-order valence-electron chi connectivity index (χ0n) is 9.34. The molecule has 0 heterocycles. The Balaban J connectivity index is 1.88. The molecule has 14 heavy (non-hydrogen) atoms. The van der Waals surface area contributed by atoms with Crippen LogP contribution >= 0.6 is 0 Å². The highest BCUT2D eigenvalue weighted by Crippen LogP contribution is 2.63. The molecule has 0 amide bonds. The topological polar surface area (TPSA) is 26.0 Å². The molecule has 0 aliphatic heterocycles. The first-order valence-corrected chi connectivity index (χ1v) is 6.46. The highest BCUT2D eigenvalue weighted by Gasteiger charge is 2.53. The Morgan fingerprint density at radius 1 is 1.14 bits per heavy atom. The van der Waals surface area contributed by atoms with E-state index in [0.717, 1.165) is 35.6 Å². The van der Waals surface area contributed by atoms with Crippen molar-refractivity contribution in [3.8, 4) is 0 Å². The summed E-state index contributed by atoms with van der Waals surface area (Å²) < 4.78 is 0. The van der Waals surface area contributed by atoms with Crippen molar-refractivity contribution in [2.24, 2.45) is 34.8 Å². The van der Waals surface area contributed by atoms with Gasteiger partial charge in [-0.1, -0.05) is 13.3 Å². The van der Waals surface area contributed by atoms with Gasteiger partial charge in [-0.2, -0.15) is 0 Å². The van der Waals surface area contributed by atoms with Crippen molar-refractivity contribution in [1.82, 2.24) is 0 Å². The molecule has 4 fully saturated rings. The number of rotatable bonds is 2. The van der Waals surface area contributed by atoms with E-state index in [9.17, 15) is 0 Å². The van der Waals surface area contributed by atoms with Gasteiger partial charge in [0.05, 0.1) is 0 Å². The zero-order valence-corrected chi connectivity index (χ0v) is 9.34. The second-order valence-corrected chi connectivity index (χ2v) is 6.22. The van der Waals surface area contributed by atoms with E-state index in [4.69, 9.17) is 5.73 Å². The quantitative estimate of drug-likeness (QED) is 0.717. The standard InChI is InChI=1S/C13H23N/c1-2-13-5-9-3-10(6-13)12(8-14)11(4-9)7-13/h9-12H,2-8,14H2,1H3. The minimum atomic E-state index is 0.766. The smallest absolute Gasteiger partial charge is 0.00436 e. The summed E-state index contributed by atoms with van der Waals surface area (Å²) >= 11 is 0. The van der Waals surface area contributed by atoms with Gasteiger partial charge in [0.1, 0.15) is 0 Å². The van der Waals surface area contributed by atoms with Crippen LogP contribution in [0.3, 0.4) is 0 Å². The molecule has 4 saturated carbocycles. The average Bonchev–Trinajstić information content (AvgIpc) is 2.17. The molecule has 4 rings (SSSR count). The fourth-order valence-electron chi connectivity index (χ4n) is 5.12. The summed E-state index contributed by atoms with van der Waals surface area (Å²) in [6.07, 6.45) is 9.03. The van der Waals surface area contributed by atoms with Crippen molar-refractivity contribution in [1.29, 1.82) is 0 Å². The summed E-state index contributed by atoms with van der Waals surface area (Å²) in [4.78, 5) is 0. The molecule has 0 aromatic rings. The van der Waals surface area contributed by atoms with Crippen molar-refractivity contribution in [3.05, 3.63) is 0 Å². The van der Waals surface area contributed by atoms with E-state index < -0.39 is 0 Å². The van der Waals surface area contributed by atoms with Gasteiger partial charge >= 0.3 is 0 Å². The fourth-order valence-corrected chi connectivity index (χ4v) is 5.12. The molecular formula is C13H23N. The first-order valence-electron chi connectivity index (χ1n) is 6.46. The van der Waals surface area contributed by atoms with Gasteiger partial charge in [-0.15, -0.1) is 0 Å². The van der Waals surface area contributed by atoms with Crippen molar-refractivity contribution in [3.63, 3.8) is 0 Å². The number of hydrogen-bond donors (Lipinski definition) is 1. The average molecular weight is 193 g/mol. The maximum Gasteiger partial charge on any atom is -0.00436 e. The second-order valence-electron chi connectivity index (χ2n) is 6.22. The molecule has 4 bridgehead atoms. The molecule has 80 valence electrons. The molecule has 4 aliphatic carbocycles. The maximum atomic E-state index is 5.94. The summed E-state index contributed by atoms with van der Waals surface area (Å²) in [5.74, 6) is 3.99. The Morgan fingerprint density at radius 3 is 2.29 bits per heavy atom. The molecule has 2 unspecified atom stereocenters. The van der Waals surface area contributed by atoms with Crippen LogP contribution < -0.4 is 5.73 Å². The van der Waals surface area contributed by atoms with Crippen LogP contribution in [0.15, 0.2) is 0 Å². The summed E-state index contributed by atoms with van der Waals surface area (Å²) in [7, 11) is 0. The molecule has 1 heteroatoms. The molecule has 2 atom stereocenters. The Bertz CT molecular complexity index is 219. The van der Waals surface area contributed by atoms with Gasteiger partial charge in [0, 0.05) is 0 Å². The van der Waals surface area contributed by atoms with E-state index in [1.807, 2.05) is 0 Å². The second kappa shape index (κ2) is 2.98. The van der Waals surface area contributed by atoms with Crippen molar-refractivity contribution >= 4 is 0 Å². The van der Waals surface area contributed by atoms with Gasteiger partial charge in [0.25, 0.3) is 0 Å². The summed E-state index contributed by atoms with van der Waals surface area (Å²) in [6.45, 7) is 3.37. The lowest BCUT2D eigenvalue weighted by molar-refractivity contribution is -0.0934. The third kappa shape index (κ3) is 1.11. The number of hydrogen-bond acceptors (Lipinski definition) is 1. The van der Waals surface area contributed by atoms with Gasteiger partial charge in [0.2, 0.25) is 0 Å². The van der Waals surface area contributed by atoms with E-state index in [1.165, 1.54) is 32.1 Å². The first-order chi connectivity index (χ1) is 6.76. The molecule has 0 spiro atoms. The highest BCUT2D eigenvalue weighted by atomic mass is 14.6. The third-order valence-corrected chi connectivity index (χ3v) is 5.62. The van der Waals surface area contributed by atoms with Crippen LogP contribution in [0.5, 0.6) is 0 Å². The van der Waals surface area contributed by atoms with Crippen molar-refractivity contribution in [2.45, 2.75) is 45.4 Å². The minimum Gasteiger partial charge on any atom is -0.330 e. The molecule has 0 saturated heterocycles. The van der Waals surface area contributed by atoms with Crippen LogP contribution in [0.4, 0.5) is 0 Å². The molecule has 0 radical (unpaired) electrons. The Kier molecular flexibility index (Phi) is 1.96. The summed E-state index contributed by atoms with van der Waals surface area (Å²) in [5, 5.41) is 0. The predicted molar refractivity (Wildman–Crippen MR) is 58.8 cm³/mol. The molecule has 0 aromatic heterocycles. The van der Waals surface area contributed by atoms with Gasteiger partial charge in [-0.25, -0.2) is 0 Å². The maximum absolute atomic E-state index is 5.94. The van der Waals surface area contributed by atoms with E-state index in [0.29, 0.717) is 0 Å². The molecule has 0 aromatic carbocycles. The first kappa shape index (κ1) is 9.21. The largest absolute Gasteiger partial charge is 0.330 e. The van der Waals surface area contributed by atoms with Crippen LogP contribution in [0.1, 0.15) is 45.4 Å². The van der Waals surface area contributed by atoms with Crippen LogP contribution in [0.2, 0.25) is 0 Å².